The molecule has 142 valence electrons. The lowest BCUT2D eigenvalue weighted by Crippen LogP contribution is -2.30. The van der Waals surface area contributed by atoms with E-state index >= 15 is 0 Å². The highest BCUT2D eigenvalue weighted by molar-refractivity contribution is 7.88. The zero-order chi connectivity index (χ0) is 18.9. The number of alkyl halides is 3. The molecule has 3 rings (SSSR count). The maximum absolute atomic E-state index is 13.2. The fourth-order valence-corrected chi connectivity index (χ4v) is 3.73. The number of hydrogen-bond donors (Lipinski definition) is 0. The van der Waals surface area contributed by atoms with E-state index in [0.29, 0.717) is 5.69 Å². The number of halogens is 3. The summed E-state index contributed by atoms with van der Waals surface area (Å²) in [5.41, 5.74) is -0.732. The SMILES string of the molecule is CS(=O)(=O)N(Cc1cn2c(n1)CCCC2)Cc1ncccc1C(F)(F)F. The Hall–Kier alpha value is -1.94. The van der Waals surface area contributed by atoms with Gasteiger partial charge in [-0.15, -0.1) is 0 Å². The summed E-state index contributed by atoms with van der Waals surface area (Å²) in [4.78, 5) is 8.18. The number of aryl methyl sites for hydroxylation is 2. The first-order chi connectivity index (χ1) is 12.1. The van der Waals surface area contributed by atoms with Gasteiger partial charge in [-0.2, -0.15) is 17.5 Å². The minimum absolute atomic E-state index is 0.0906. The highest BCUT2D eigenvalue weighted by Crippen LogP contribution is 2.32. The number of rotatable bonds is 5. The molecule has 0 atom stereocenters. The van der Waals surface area contributed by atoms with E-state index in [1.807, 2.05) is 4.57 Å². The van der Waals surface area contributed by atoms with E-state index in [0.717, 1.165) is 48.3 Å². The molecule has 10 heteroatoms. The highest BCUT2D eigenvalue weighted by Gasteiger charge is 2.35. The van der Waals surface area contributed by atoms with Crippen LogP contribution in [0.4, 0.5) is 13.2 Å². The van der Waals surface area contributed by atoms with Gasteiger partial charge in [-0.3, -0.25) is 4.98 Å². The Morgan fingerprint density at radius 3 is 2.69 bits per heavy atom. The molecule has 0 aromatic carbocycles. The standard InChI is InChI=1S/C16H19F3N4O2S/c1-26(24,25)23(10-12-9-22-8-3-2-6-15(22)21-12)11-14-13(16(17,18)19)5-4-7-20-14/h4-5,7,9H,2-3,6,8,10-11H2,1H3. The van der Waals surface area contributed by atoms with Crippen molar-refractivity contribution >= 4 is 10.0 Å². The molecule has 0 unspecified atom stereocenters. The lowest BCUT2D eigenvalue weighted by atomic mass is 10.2. The molecule has 2 aromatic rings. The number of sulfonamides is 1. The number of pyridine rings is 1. The van der Waals surface area contributed by atoms with Crippen LogP contribution < -0.4 is 0 Å². The monoisotopic (exact) mass is 388 g/mol. The lowest BCUT2D eigenvalue weighted by molar-refractivity contribution is -0.138. The number of imidazole rings is 1. The van der Waals surface area contributed by atoms with Gasteiger partial charge < -0.3 is 4.57 Å². The van der Waals surface area contributed by atoms with E-state index in [4.69, 9.17) is 0 Å². The van der Waals surface area contributed by atoms with Crippen molar-refractivity contribution in [1.29, 1.82) is 0 Å². The summed E-state index contributed by atoms with van der Waals surface area (Å²) < 4.78 is 66.7. The second-order valence-electron chi connectivity index (χ2n) is 6.33. The van der Waals surface area contributed by atoms with Crippen LogP contribution in [0, 0.1) is 0 Å². The predicted octanol–water partition coefficient (Wildman–Crippen LogP) is 2.59. The summed E-state index contributed by atoms with van der Waals surface area (Å²) >= 11 is 0. The van der Waals surface area contributed by atoms with E-state index < -0.39 is 28.3 Å². The van der Waals surface area contributed by atoms with Crippen LogP contribution in [0.2, 0.25) is 0 Å². The van der Waals surface area contributed by atoms with Crippen LogP contribution in [0.15, 0.2) is 24.5 Å². The van der Waals surface area contributed by atoms with Gasteiger partial charge in [0.25, 0.3) is 0 Å². The van der Waals surface area contributed by atoms with Gasteiger partial charge >= 0.3 is 6.18 Å². The minimum Gasteiger partial charge on any atom is -0.335 e. The first kappa shape index (κ1) is 18.8. The van der Waals surface area contributed by atoms with E-state index in [-0.39, 0.29) is 12.2 Å². The molecule has 3 heterocycles. The van der Waals surface area contributed by atoms with Gasteiger partial charge in [0.05, 0.1) is 36.3 Å². The van der Waals surface area contributed by atoms with Crippen molar-refractivity contribution in [1.82, 2.24) is 18.8 Å². The Morgan fingerprint density at radius 1 is 1.27 bits per heavy atom. The van der Waals surface area contributed by atoms with Gasteiger partial charge in [0, 0.05) is 25.4 Å². The largest absolute Gasteiger partial charge is 0.418 e. The third-order valence-corrected chi connectivity index (χ3v) is 5.48. The second kappa shape index (κ2) is 6.99. The molecule has 26 heavy (non-hydrogen) atoms. The van der Waals surface area contributed by atoms with Gasteiger partial charge in [-0.1, -0.05) is 0 Å². The number of fused-ring (bicyclic) bond motifs is 1. The average Bonchev–Trinajstić information content (AvgIpc) is 2.95. The molecule has 6 nitrogen and oxygen atoms in total. The summed E-state index contributed by atoms with van der Waals surface area (Å²) in [5.74, 6) is 0.883. The van der Waals surface area contributed by atoms with Gasteiger partial charge in [0.1, 0.15) is 5.82 Å². The molecular formula is C16H19F3N4O2S. The molecule has 0 spiro atoms. The second-order valence-corrected chi connectivity index (χ2v) is 8.31. The first-order valence-electron chi connectivity index (χ1n) is 8.16. The van der Waals surface area contributed by atoms with E-state index in [1.165, 1.54) is 12.3 Å². The third kappa shape index (κ3) is 4.24. The first-order valence-corrected chi connectivity index (χ1v) is 10.0. The molecule has 0 amide bonds. The molecule has 2 aromatic heterocycles. The molecule has 0 saturated carbocycles. The maximum Gasteiger partial charge on any atom is 0.418 e. The number of hydrogen-bond acceptors (Lipinski definition) is 4. The van der Waals surface area contributed by atoms with Gasteiger partial charge in [-0.25, -0.2) is 13.4 Å². The fourth-order valence-electron chi connectivity index (χ4n) is 3.01. The summed E-state index contributed by atoms with van der Waals surface area (Å²) in [6, 6.07) is 2.08. The van der Waals surface area contributed by atoms with Crippen LogP contribution in [0.5, 0.6) is 0 Å². The Kier molecular flexibility index (Phi) is 5.07. The van der Waals surface area contributed by atoms with Crippen LogP contribution >= 0.6 is 0 Å². The zero-order valence-electron chi connectivity index (χ0n) is 14.2. The Labute approximate surface area is 149 Å². The summed E-state index contributed by atoms with van der Waals surface area (Å²) in [5, 5.41) is 0. The molecule has 1 aliphatic heterocycles. The van der Waals surface area contributed by atoms with E-state index in [1.54, 1.807) is 6.20 Å². The molecule has 0 N–H and O–H groups in total. The fraction of sp³-hybridized carbons (Fsp3) is 0.500. The van der Waals surface area contributed by atoms with Crippen LogP contribution in [0.25, 0.3) is 0 Å². The average molecular weight is 388 g/mol. The Morgan fingerprint density at radius 2 is 2.04 bits per heavy atom. The summed E-state index contributed by atoms with van der Waals surface area (Å²) in [6.45, 7) is 0.267. The minimum atomic E-state index is -4.60. The normalized spacial score (nSPS) is 15.3. The Balaban J connectivity index is 1.88. The van der Waals surface area contributed by atoms with Gasteiger partial charge in [0.15, 0.2) is 0 Å². The van der Waals surface area contributed by atoms with Gasteiger partial charge in [-0.05, 0) is 25.0 Å². The molecule has 0 fully saturated rings. The number of aromatic nitrogens is 3. The van der Waals surface area contributed by atoms with Gasteiger partial charge in [0.2, 0.25) is 10.0 Å². The molecule has 0 radical (unpaired) electrons. The molecule has 0 saturated heterocycles. The van der Waals surface area contributed by atoms with Crippen molar-refractivity contribution in [3.8, 4) is 0 Å². The van der Waals surface area contributed by atoms with Crippen LogP contribution in [-0.2, 0) is 42.3 Å². The van der Waals surface area contributed by atoms with E-state index in [2.05, 4.69) is 9.97 Å². The molecular weight excluding hydrogens is 369 g/mol. The molecule has 0 bridgehead atoms. The number of nitrogens with zero attached hydrogens (tertiary/aromatic N) is 4. The van der Waals surface area contributed by atoms with Crippen molar-refractivity contribution in [3.05, 3.63) is 47.3 Å². The van der Waals surface area contributed by atoms with Crippen molar-refractivity contribution < 1.29 is 21.6 Å². The van der Waals surface area contributed by atoms with Crippen LogP contribution in [0.3, 0.4) is 0 Å². The maximum atomic E-state index is 13.2. The third-order valence-electron chi connectivity index (χ3n) is 4.29. The summed E-state index contributed by atoms with van der Waals surface area (Å²) in [7, 11) is -3.75. The van der Waals surface area contributed by atoms with Crippen molar-refractivity contribution in [2.45, 2.75) is 45.1 Å². The van der Waals surface area contributed by atoms with Crippen molar-refractivity contribution in [2.75, 3.05) is 6.26 Å². The quantitative estimate of drug-likeness (QED) is 0.790. The Bertz CT molecular complexity index is 870. The highest BCUT2D eigenvalue weighted by atomic mass is 32.2. The van der Waals surface area contributed by atoms with E-state index in [9.17, 15) is 21.6 Å². The molecule has 1 aliphatic rings. The molecule has 0 aliphatic carbocycles. The topological polar surface area (TPSA) is 68.1 Å². The zero-order valence-corrected chi connectivity index (χ0v) is 15.0. The summed E-state index contributed by atoms with van der Waals surface area (Å²) in [6.07, 6.45) is 2.24. The predicted molar refractivity (Wildman–Crippen MR) is 88.5 cm³/mol. The van der Waals surface area contributed by atoms with Crippen molar-refractivity contribution in [3.63, 3.8) is 0 Å². The van der Waals surface area contributed by atoms with Crippen molar-refractivity contribution in [2.24, 2.45) is 0 Å². The lowest BCUT2D eigenvalue weighted by Gasteiger charge is -2.20. The smallest absolute Gasteiger partial charge is 0.335 e. The van der Waals surface area contributed by atoms with Crippen LogP contribution in [-0.4, -0.2) is 33.5 Å². The van der Waals surface area contributed by atoms with Crippen LogP contribution in [0.1, 0.15) is 35.6 Å².